The third-order valence-corrected chi connectivity index (χ3v) is 4.46. The van der Waals surface area contributed by atoms with Crippen LogP contribution in [0.2, 0.25) is 0 Å². The lowest BCUT2D eigenvalue weighted by Crippen LogP contribution is -2.57. The van der Waals surface area contributed by atoms with E-state index in [4.69, 9.17) is 14.7 Å². The van der Waals surface area contributed by atoms with Crippen LogP contribution in [0.25, 0.3) is 5.57 Å². The molecular formula is C20H23FN2O3. The van der Waals surface area contributed by atoms with Crippen LogP contribution in [0.3, 0.4) is 0 Å². The van der Waals surface area contributed by atoms with Gasteiger partial charge in [0.2, 0.25) is 0 Å². The van der Waals surface area contributed by atoms with Crippen molar-refractivity contribution in [2.75, 3.05) is 13.2 Å². The second-order valence-electron chi connectivity index (χ2n) is 7.69. The summed E-state index contributed by atoms with van der Waals surface area (Å²) in [4.78, 5) is 14.3. The van der Waals surface area contributed by atoms with Gasteiger partial charge in [0.1, 0.15) is 11.4 Å². The van der Waals surface area contributed by atoms with Gasteiger partial charge in [0.05, 0.1) is 37.8 Å². The lowest BCUT2D eigenvalue weighted by atomic mass is 9.89. The molecule has 3 rings (SSSR count). The molecule has 1 aromatic rings. The number of morpholine rings is 1. The number of fused-ring (bicyclic) bond motifs is 2. The predicted octanol–water partition coefficient (Wildman–Crippen LogP) is 3.68. The number of nitrogens with zero attached hydrogens (tertiary/aromatic N) is 2. The van der Waals surface area contributed by atoms with Gasteiger partial charge in [0, 0.05) is 5.56 Å². The highest BCUT2D eigenvalue weighted by Gasteiger charge is 2.40. The van der Waals surface area contributed by atoms with Crippen LogP contribution in [0.5, 0.6) is 0 Å². The molecule has 1 amide bonds. The number of hydrogen-bond acceptors (Lipinski definition) is 4. The lowest BCUT2D eigenvalue weighted by Gasteiger charge is -2.44. The van der Waals surface area contributed by atoms with Crippen molar-refractivity contribution in [3.05, 3.63) is 41.2 Å². The average molecular weight is 358 g/mol. The van der Waals surface area contributed by atoms with Crippen LogP contribution >= 0.6 is 0 Å². The summed E-state index contributed by atoms with van der Waals surface area (Å²) in [5.74, 6) is -0.317. The maximum absolute atomic E-state index is 14.4. The summed E-state index contributed by atoms with van der Waals surface area (Å²) in [6, 6.07) is 6.36. The summed E-state index contributed by atoms with van der Waals surface area (Å²) in [6.45, 7) is 6.25. The Morgan fingerprint density at radius 3 is 2.85 bits per heavy atom. The summed E-state index contributed by atoms with van der Waals surface area (Å²) in [6.07, 6.45) is 2.24. The molecular weight excluding hydrogens is 335 g/mol. The highest BCUT2D eigenvalue weighted by Crippen LogP contribution is 2.34. The molecule has 1 saturated heterocycles. The predicted molar refractivity (Wildman–Crippen MR) is 94.8 cm³/mol. The van der Waals surface area contributed by atoms with Gasteiger partial charge >= 0.3 is 6.09 Å². The first kappa shape index (κ1) is 18.4. The van der Waals surface area contributed by atoms with Gasteiger partial charge in [-0.25, -0.2) is 9.18 Å². The van der Waals surface area contributed by atoms with E-state index in [1.165, 1.54) is 6.07 Å². The molecule has 0 aromatic heterocycles. The van der Waals surface area contributed by atoms with E-state index < -0.39 is 5.60 Å². The van der Waals surface area contributed by atoms with E-state index in [-0.39, 0.29) is 30.4 Å². The zero-order chi connectivity index (χ0) is 18.9. The monoisotopic (exact) mass is 358 g/mol. The largest absolute Gasteiger partial charge is 0.444 e. The zero-order valence-corrected chi connectivity index (χ0v) is 15.3. The van der Waals surface area contributed by atoms with Crippen molar-refractivity contribution in [1.82, 2.24) is 4.90 Å². The number of amides is 1. The van der Waals surface area contributed by atoms with Crippen LogP contribution in [0.1, 0.15) is 38.3 Å². The number of rotatable bonds is 2. The molecule has 138 valence electrons. The number of nitriles is 1. The van der Waals surface area contributed by atoms with Gasteiger partial charge in [-0.05, 0) is 50.5 Å². The van der Waals surface area contributed by atoms with Gasteiger partial charge in [-0.15, -0.1) is 0 Å². The molecule has 0 radical (unpaired) electrons. The van der Waals surface area contributed by atoms with Crippen LogP contribution in [0, 0.1) is 17.1 Å². The summed E-state index contributed by atoms with van der Waals surface area (Å²) >= 11 is 0. The van der Waals surface area contributed by atoms with E-state index in [1.807, 2.05) is 26.8 Å². The normalized spacial score (nSPS) is 22.4. The molecule has 1 aromatic carbocycles. The van der Waals surface area contributed by atoms with E-state index in [2.05, 4.69) is 6.07 Å². The zero-order valence-electron chi connectivity index (χ0n) is 15.3. The molecule has 0 spiro atoms. The van der Waals surface area contributed by atoms with Crippen LogP contribution in [0.15, 0.2) is 24.3 Å². The van der Waals surface area contributed by atoms with Gasteiger partial charge in [0.15, 0.2) is 0 Å². The molecule has 5 nitrogen and oxygen atoms in total. The van der Waals surface area contributed by atoms with Gasteiger partial charge < -0.3 is 9.47 Å². The molecule has 1 fully saturated rings. The Morgan fingerprint density at radius 1 is 1.42 bits per heavy atom. The van der Waals surface area contributed by atoms with E-state index >= 15 is 0 Å². The Balaban J connectivity index is 1.90. The van der Waals surface area contributed by atoms with Gasteiger partial charge in [-0.3, -0.25) is 4.90 Å². The second kappa shape index (κ2) is 7.08. The van der Waals surface area contributed by atoms with Crippen molar-refractivity contribution < 1.29 is 18.7 Å². The number of carbonyl (C=O) groups excluding carboxylic acids is 1. The average Bonchev–Trinajstić information content (AvgIpc) is 2.54. The first-order valence-electron chi connectivity index (χ1n) is 8.74. The molecule has 2 aliphatic heterocycles. The molecule has 2 unspecified atom stereocenters. The Hall–Kier alpha value is -2.39. The van der Waals surface area contributed by atoms with Crippen molar-refractivity contribution in [1.29, 1.82) is 5.26 Å². The molecule has 6 heteroatoms. The second-order valence-corrected chi connectivity index (χ2v) is 7.69. The van der Waals surface area contributed by atoms with Crippen molar-refractivity contribution in [2.24, 2.45) is 0 Å². The number of carbonyl (C=O) groups is 1. The van der Waals surface area contributed by atoms with E-state index in [0.29, 0.717) is 25.2 Å². The molecule has 2 atom stereocenters. The maximum Gasteiger partial charge on any atom is 0.411 e. The van der Waals surface area contributed by atoms with Gasteiger partial charge in [-0.2, -0.15) is 5.26 Å². The fourth-order valence-electron chi connectivity index (χ4n) is 3.41. The first-order chi connectivity index (χ1) is 12.3. The summed E-state index contributed by atoms with van der Waals surface area (Å²) in [5, 5.41) is 8.88. The number of benzene rings is 1. The van der Waals surface area contributed by atoms with Crippen molar-refractivity contribution in [2.45, 2.75) is 51.3 Å². The minimum atomic E-state index is -0.575. The highest BCUT2D eigenvalue weighted by molar-refractivity contribution is 5.75. The Labute approximate surface area is 153 Å². The van der Waals surface area contributed by atoms with Crippen molar-refractivity contribution >= 4 is 11.7 Å². The molecule has 2 aliphatic rings. The van der Waals surface area contributed by atoms with Crippen molar-refractivity contribution in [3.8, 4) is 6.07 Å². The Morgan fingerprint density at radius 2 is 2.19 bits per heavy atom. The van der Waals surface area contributed by atoms with E-state index in [1.54, 1.807) is 17.0 Å². The number of halogens is 1. The smallest absolute Gasteiger partial charge is 0.411 e. The van der Waals surface area contributed by atoms with Gasteiger partial charge in [-0.1, -0.05) is 12.1 Å². The fourth-order valence-corrected chi connectivity index (χ4v) is 3.41. The van der Waals surface area contributed by atoms with E-state index in [9.17, 15) is 9.18 Å². The van der Waals surface area contributed by atoms with Crippen LogP contribution in [-0.2, 0) is 15.9 Å². The van der Waals surface area contributed by atoms with Crippen LogP contribution < -0.4 is 0 Å². The van der Waals surface area contributed by atoms with E-state index in [0.717, 1.165) is 11.1 Å². The molecule has 26 heavy (non-hydrogen) atoms. The molecule has 0 N–H and O–H groups in total. The van der Waals surface area contributed by atoms with Crippen LogP contribution in [0.4, 0.5) is 9.18 Å². The van der Waals surface area contributed by atoms with Crippen molar-refractivity contribution in [3.63, 3.8) is 0 Å². The minimum absolute atomic E-state index is 0.192. The molecule has 2 bridgehead atoms. The molecule has 2 heterocycles. The quantitative estimate of drug-likeness (QED) is 0.809. The highest BCUT2D eigenvalue weighted by atomic mass is 19.1. The summed E-state index contributed by atoms with van der Waals surface area (Å²) in [5.41, 5.74) is 1.55. The number of ether oxygens (including phenoxy) is 2. The lowest BCUT2D eigenvalue weighted by molar-refractivity contribution is -0.0510. The Bertz CT molecular complexity index is 776. The van der Waals surface area contributed by atoms with Crippen LogP contribution in [-0.4, -0.2) is 41.9 Å². The maximum atomic E-state index is 14.4. The third kappa shape index (κ3) is 3.88. The Kier molecular flexibility index (Phi) is 5.01. The van der Waals surface area contributed by atoms with Gasteiger partial charge in [0.25, 0.3) is 0 Å². The topological polar surface area (TPSA) is 62.6 Å². The SMILES string of the molecule is CC(C)(C)OC(=O)N1C2C=C(c3cc(CC#N)ccc3F)CC1COC2. The summed E-state index contributed by atoms with van der Waals surface area (Å²) in [7, 11) is 0. The number of hydrogen-bond donors (Lipinski definition) is 0. The minimum Gasteiger partial charge on any atom is -0.444 e. The standard InChI is InChI=1S/C20H23FN2O3/c1-20(2,3)26-19(24)23-15-9-14(10-16(23)12-25-11-15)17-8-13(6-7-22)4-5-18(17)21/h4-5,8-9,15-16H,6,10-12H2,1-3H3. The fraction of sp³-hybridized carbons (Fsp3) is 0.500. The molecule has 0 saturated carbocycles. The summed E-state index contributed by atoms with van der Waals surface area (Å²) < 4.78 is 25.5. The third-order valence-electron chi connectivity index (χ3n) is 4.46. The first-order valence-corrected chi connectivity index (χ1v) is 8.74. The molecule has 0 aliphatic carbocycles.